The minimum Gasteiger partial charge on any atom is -0.466 e. The van der Waals surface area contributed by atoms with Gasteiger partial charge < -0.3 is 14.2 Å². The van der Waals surface area contributed by atoms with E-state index in [0.29, 0.717) is 17.6 Å². The number of aromatic nitrogens is 3. The third-order valence-corrected chi connectivity index (χ3v) is 4.68. The summed E-state index contributed by atoms with van der Waals surface area (Å²) in [5, 5.41) is 8.69. The van der Waals surface area contributed by atoms with Crippen LogP contribution in [0.2, 0.25) is 0 Å². The Morgan fingerprint density at radius 3 is 2.54 bits per heavy atom. The lowest BCUT2D eigenvalue weighted by Gasteiger charge is -2.26. The molecule has 0 atom stereocenters. The van der Waals surface area contributed by atoms with Crippen molar-refractivity contribution in [2.24, 2.45) is 7.05 Å². The van der Waals surface area contributed by atoms with E-state index in [9.17, 15) is 9.59 Å². The summed E-state index contributed by atoms with van der Waals surface area (Å²) in [6.45, 7) is 6.05. The Balaban J connectivity index is 2.02. The molecule has 1 aromatic heterocycles. The third kappa shape index (κ3) is 5.08. The topological polar surface area (TPSA) is 77.3 Å². The number of para-hydroxylation sites is 1. The van der Waals surface area contributed by atoms with E-state index in [1.165, 1.54) is 11.8 Å². The van der Waals surface area contributed by atoms with Gasteiger partial charge in [-0.15, -0.1) is 10.2 Å². The Bertz CT molecular complexity index is 746. The van der Waals surface area contributed by atoms with Crippen LogP contribution in [0.4, 0.5) is 5.69 Å². The predicted molar refractivity (Wildman–Crippen MR) is 101 cm³/mol. The van der Waals surface area contributed by atoms with Gasteiger partial charge in [0, 0.05) is 18.8 Å². The van der Waals surface area contributed by atoms with Crippen LogP contribution >= 0.6 is 11.8 Å². The van der Waals surface area contributed by atoms with Crippen molar-refractivity contribution in [3.8, 4) is 0 Å². The lowest BCUT2D eigenvalue weighted by atomic mass is 10.2. The number of esters is 1. The molecule has 1 amide bonds. The molecule has 2 aromatic rings. The third-order valence-electron chi connectivity index (χ3n) is 3.68. The minimum absolute atomic E-state index is 0.00820. The molecular weight excluding hydrogens is 352 g/mol. The zero-order chi connectivity index (χ0) is 19.1. The number of benzene rings is 1. The van der Waals surface area contributed by atoms with Crippen LogP contribution in [0.25, 0.3) is 0 Å². The number of amides is 1. The molecule has 0 unspecified atom stereocenters. The van der Waals surface area contributed by atoms with Gasteiger partial charge in [0.05, 0.1) is 12.4 Å². The standard InChI is InChI=1S/C18H24N4O3S/c1-5-25-17(24)11-15-19-20-18(21(15)4)26-12-16(23)22(13(2)3)14-9-7-6-8-10-14/h6-10,13H,5,11-12H2,1-4H3. The molecule has 1 heterocycles. The zero-order valence-corrected chi connectivity index (χ0v) is 16.3. The summed E-state index contributed by atoms with van der Waals surface area (Å²) in [4.78, 5) is 26.1. The number of anilines is 1. The Labute approximate surface area is 157 Å². The lowest BCUT2D eigenvalue weighted by molar-refractivity contribution is -0.142. The van der Waals surface area contributed by atoms with Crippen molar-refractivity contribution in [1.29, 1.82) is 0 Å². The van der Waals surface area contributed by atoms with Gasteiger partial charge in [-0.25, -0.2) is 0 Å². The maximum atomic E-state index is 12.7. The molecule has 140 valence electrons. The van der Waals surface area contributed by atoms with E-state index >= 15 is 0 Å². The van der Waals surface area contributed by atoms with Gasteiger partial charge in [-0.1, -0.05) is 30.0 Å². The molecule has 0 saturated carbocycles. The fraction of sp³-hybridized carbons (Fsp3) is 0.444. The van der Waals surface area contributed by atoms with Crippen LogP contribution in [-0.2, 0) is 27.8 Å². The second-order valence-corrected chi connectivity index (χ2v) is 6.86. The van der Waals surface area contributed by atoms with Crippen LogP contribution in [0.3, 0.4) is 0 Å². The number of carbonyl (C=O) groups excluding carboxylic acids is 2. The molecule has 0 spiro atoms. The molecular formula is C18H24N4O3S. The average molecular weight is 376 g/mol. The van der Waals surface area contributed by atoms with Crippen molar-refractivity contribution in [2.45, 2.75) is 38.4 Å². The maximum Gasteiger partial charge on any atom is 0.313 e. The Kier molecular flexibility index (Phi) is 7.20. The predicted octanol–water partition coefficient (Wildman–Crippen LogP) is 2.45. The first-order chi connectivity index (χ1) is 12.4. The number of hydrogen-bond acceptors (Lipinski definition) is 6. The summed E-state index contributed by atoms with van der Waals surface area (Å²) < 4.78 is 6.65. The molecule has 0 bridgehead atoms. The molecule has 0 aliphatic rings. The van der Waals surface area contributed by atoms with Crippen LogP contribution in [-0.4, -0.2) is 45.0 Å². The first-order valence-electron chi connectivity index (χ1n) is 8.47. The summed E-state index contributed by atoms with van der Waals surface area (Å²) in [6.07, 6.45) is 0.0635. The van der Waals surface area contributed by atoms with Gasteiger partial charge in [-0.3, -0.25) is 9.59 Å². The van der Waals surface area contributed by atoms with Crippen molar-refractivity contribution in [3.63, 3.8) is 0 Å². The largest absolute Gasteiger partial charge is 0.466 e. The first kappa shape index (κ1) is 20.0. The monoisotopic (exact) mass is 376 g/mol. The fourth-order valence-corrected chi connectivity index (χ4v) is 3.27. The first-order valence-corrected chi connectivity index (χ1v) is 9.46. The van der Waals surface area contributed by atoms with Gasteiger partial charge in [0.2, 0.25) is 5.91 Å². The highest BCUT2D eigenvalue weighted by molar-refractivity contribution is 7.99. The van der Waals surface area contributed by atoms with Crippen LogP contribution in [0.1, 0.15) is 26.6 Å². The molecule has 7 nitrogen and oxygen atoms in total. The van der Waals surface area contributed by atoms with Gasteiger partial charge >= 0.3 is 5.97 Å². The number of hydrogen-bond donors (Lipinski definition) is 0. The van der Waals surface area contributed by atoms with Gasteiger partial charge in [0.15, 0.2) is 5.16 Å². The van der Waals surface area contributed by atoms with Crippen LogP contribution < -0.4 is 4.90 Å². The van der Waals surface area contributed by atoms with E-state index in [0.717, 1.165) is 5.69 Å². The van der Waals surface area contributed by atoms with Crippen molar-refractivity contribution >= 4 is 29.3 Å². The van der Waals surface area contributed by atoms with Gasteiger partial charge in [-0.05, 0) is 32.9 Å². The van der Waals surface area contributed by atoms with E-state index in [1.807, 2.05) is 44.2 Å². The average Bonchev–Trinajstić information content (AvgIpc) is 2.94. The number of nitrogens with zero attached hydrogens (tertiary/aromatic N) is 4. The zero-order valence-electron chi connectivity index (χ0n) is 15.5. The molecule has 0 radical (unpaired) electrons. The van der Waals surface area contributed by atoms with E-state index in [4.69, 9.17) is 4.74 Å². The summed E-state index contributed by atoms with van der Waals surface area (Å²) in [6, 6.07) is 9.63. The van der Waals surface area contributed by atoms with Gasteiger partial charge in [0.25, 0.3) is 0 Å². The van der Waals surface area contributed by atoms with E-state index in [1.54, 1.807) is 23.4 Å². The van der Waals surface area contributed by atoms with Crippen molar-refractivity contribution < 1.29 is 14.3 Å². The molecule has 0 aliphatic carbocycles. The Morgan fingerprint density at radius 1 is 1.23 bits per heavy atom. The second kappa shape index (κ2) is 9.38. The van der Waals surface area contributed by atoms with Crippen molar-refractivity contribution in [2.75, 3.05) is 17.3 Å². The number of ether oxygens (including phenoxy) is 1. The molecule has 0 fully saturated rings. The summed E-state index contributed by atoms with van der Waals surface area (Å²) in [5.74, 6) is 0.400. The van der Waals surface area contributed by atoms with Crippen molar-refractivity contribution in [3.05, 3.63) is 36.2 Å². The lowest BCUT2D eigenvalue weighted by Crippen LogP contribution is -2.38. The second-order valence-electron chi connectivity index (χ2n) is 5.92. The SMILES string of the molecule is CCOC(=O)Cc1nnc(SCC(=O)N(c2ccccc2)C(C)C)n1C. The molecule has 0 N–H and O–H groups in total. The summed E-state index contributed by atoms with van der Waals surface area (Å²) in [5.41, 5.74) is 0.870. The smallest absolute Gasteiger partial charge is 0.313 e. The number of rotatable bonds is 8. The Hall–Kier alpha value is -2.35. The van der Waals surface area contributed by atoms with Gasteiger partial charge in [0.1, 0.15) is 12.2 Å². The van der Waals surface area contributed by atoms with E-state index < -0.39 is 0 Å². The van der Waals surface area contributed by atoms with Crippen LogP contribution in [0.5, 0.6) is 0 Å². The number of thioether (sulfide) groups is 1. The Morgan fingerprint density at radius 2 is 1.92 bits per heavy atom. The molecule has 2 rings (SSSR count). The highest BCUT2D eigenvalue weighted by Gasteiger charge is 2.21. The highest BCUT2D eigenvalue weighted by atomic mass is 32.2. The molecule has 1 aromatic carbocycles. The van der Waals surface area contributed by atoms with E-state index in [2.05, 4.69) is 10.2 Å². The summed E-state index contributed by atoms with van der Waals surface area (Å²) >= 11 is 1.30. The van der Waals surface area contributed by atoms with Crippen LogP contribution in [0, 0.1) is 0 Å². The molecule has 8 heteroatoms. The highest BCUT2D eigenvalue weighted by Crippen LogP contribution is 2.21. The summed E-state index contributed by atoms with van der Waals surface area (Å²) in [7, 11) is 1.78. The molecule has 26 heavy (non-hydrogen) atoms. The van der Waals surface area contributed by atoms with Gasteiger partial charge in [-0.2, -0.15) is 0 Å². The minimum atomic E-state index is -0.342. The molecule has 0 aliphatic heterocycles. The fourth-order valence-electron chi connectivity index (χ4n) is 2.48. The normalized spacial score (nSPS) is 10.8. The number of carbonyl (C=O) groups is 2. The van der Waals surface area contributed by atoms with Crippen molar-refractivity contribution in [1.82, 2.24) is 14.8 Å². The van der Waals surface area contributed by atoms with E-state index in [-0.39, 0.29) is 30.1 Å². The maximum absolute atomic E-state index is 12.7. The van der Waals surface area contributed by atoms with Crippen LogP contribution in [0.15, 0.2) is 35.5 Å². The molecule has 0 saturated heterocycles. The quantitative estimate of drug-likeness (QED) is 0.520.